The van der Waals surface area contributed by atoms with Crippen molar-refractivity contribution in [3.05, 3.63) is 46.5 Å². The third-order valence-electron chi connectivity index (χ3n) is 2.93. The molecule has 0 saturated heterocycles. The minimum absolute atomic E-state index is 0.0615. The number of halogens is 3. The summed E-state index contributed by atoms with van der Waals surface area (Å²) in [5.74, 6) is 0. The normalized spacial score (nSPS) is 12.1. The number of amides is 2. The van der Waals surface area contributed by atoms with E-state index >= 15 is 0 Å². The van der Waals surface area contributed by atoms with Gasteiger partial charge in [-0.25, -0.2) is 15.2 Å². The Labute approximate surface area is 139 Å². The van der Waals surface area contributed by atoms with E-state index in [1.165, 1.54) is 23.5 Å². The summed E-state index contributed by atoms with van der Waals surface area (Å²) in [5, 5.41) is 8.34. The van der Waals surface area contributed by atoms with Gasteiger partial charge in [-0.05, 0) is 24.6 Å². The molecule has 1 aromatic carbocycles. The Morgan fingerprint density at radius 3 is 2.79 bits per heavy atom. The van der Waals surface area contributed by atoms with Crippen LogP contribution in [0, 0.1) is 0 Å². The first kappa shape index (κ1) is 17.7. The number of carbonyl (C=O) groups is 1. The van der Waals surface area contributed by atoms with Gasteiger partial charge < -0.3 is 11.1 Å². The molecule has 0 spiro atoms. The number of nitrogen functional groups attached to an aromatic ring is 1. The molecule has 1 aromatic heterocycles. The number of anilines is 1. The maximum Gasteiger partial charge on any atom is 0.416 e. The Morgan fingerprint density at radius 2 is 2.17 bits per heavy atom. The molecular weight excluding hydrogens is 343 g/mol. The van der Waals surface area contributed by atoms with E-state index in [9.17, 15) is 18.0 Å². The number of nitrogens with zero attached hydrogens (tertiary/aromatic N) is 2. The van der Waals surface area contributed by atoms with E-state index in [4.69, 9.17) is 5.73 Å². The molecule has 128 valence electrons. The van der Waals surface area contributed by atoms with Crippen molar-refractivity contribution in [1.29, 1.82) is 0 Å². The van der Waals surface area contributed by atoms with Crippen LogP contribution in [0.5, 0.6) is 0 Å². The second-order valence-electron chi connectivity index (χ2n) is 4.76. The lowest BCUT2D eigenvalue weighted by molar-refractivity contribution is -0.137. The highest BCUT2D eigenvalue weighted by Crippen LogP contribution is 2.29. The van der Waals surface area contributed by atoms with Crippen LogP contribution in [-0.2, 0) is 12.7 Å². The molecule has 0 radical (unpaired) electrons. The summed E-state index contributed by atoms with van der Waals surface area (Å²) in [5.41, 5.74) is 8.30. The van der Waals surface area contributed by atoms with Crippen molar-refractivity contribution < 1.29 is 18.0 Å². The van der Waals surface area contributed by atoms with Crippen molar-refractivity contribution in [2.24, 2.45) is 5.10 Å². The molecule has 2 rings (SSSR count). The number of urea groups is 1. The van der Waals surface area contributed by atoms with Crippen LogP contribution in [0.3, 0.4) is 0 Å². The number of rotatable bonds is 4. The fourth-order valence-corrected chi connectivity index (χ4v) is 2.33. The van der Waals surface area contributed by atoms with E-state index < -0.39 is 17.8 Å². The monoisotopic (exact) mass is 357 g/mol. The number of alkyl halides is 3. The number of carbonyl (C=O) groups excluding carboxylic acids is 1. The van der Waals surface area contributed by atoms with Gasteiger partial charge in [0, 0.05) is 11.9 Å². The summed E-state index contributed by atoms with van der Waals surface area (Å²) >= 11 is 1.24. The van der Waals surface area contributed by atoms with Gasteiger partial charge in [-0.3, -0.25) is 0 Å². The maximum atomic E-state index is 12.6. The van der Waals surface area contributed by atoms with Gasteiger partial charge in [-0.1, -0.05) is 12.1 Å². The Hall–Kier alpha value is -2.62. The van der Waals surface area contributed by atoms with Gasteiger partial charge in [0.05, 0.1) is 17.0 Å². The van der Waals surface area contributed by atoms with Crippen LogP contribution in [0.4, 0.5) is 23.1 Å². The summed E-state index contributed by atoms with van der Waals surface area (Å²) in [7, 11) is 0. The molecule has 0 bridgehead atoms. The lowest BCUT2D eigenvalue weighted by Crippen LogP contribution is -2.32. The molecule has 4 N–H and O–H groups in total. The third kappa shape index (κ3) is 4.95. The first-order chi connectivity index (χ1) is 11.3. The number of aromatic nitrogens is 1. The highest BCUT2D eigenvalue weighted by Gasteiger charge is 2.30. The topological polar surface area (TPSA) is 92.4 Å². The molecule has 0 atom stereocenters. The quantitative estimate of drug-likeness (QED) is 0.580. The molecule has 2 amide bonds. The molecule has 2 aromatic rings. The largest absolute Gasteiger partial charge is 0.416 e. The van der Waals surface area contributed by atoms with Crippen LogP contribution in [0.2, 0.25) is 0 Å². The molecule has 0 aliphatic heterocycles. The third-order valence-corrected chi connectivity index (χ3v) is 3.60. The van der Waals surface area contributed by atoms with Crippen molar-refractivity contribution in [3.63, 3.8) is 0 Å². The minimum Gasteiger partial charge on any atom is -0.375 e. The molecule has 6 nitrogen and oxygen atoms in total. The predicted octanol–water partition coefficient (Wildman–Crippen LogP) is 2.97. The maximum absolute atomic E-state index is 12.6. The lowest BCUT2D eigenvalue weighted by atomic mass is 10.1. The number of nitrogens with two attached hydrogens (primary N) is 1. The van der Waals surface area contributed by atoms with E-state index in [1.807, 2.05) is 0 Å². The predicted molar refractivity (Wildman–Crippen MR) is 85.6 cm³/mol. The van der Waals surface area contributed by atoms with Crippen molar-refractivity contribution in [3.8, 4) is 0 Å². The van der Waals surface area contributed by atoms with Gasteiger partial charge in [0.2, 0.25) is 0 Å². The van der Waals surface area contributed by atoms with Gasteiger partial charge in [0.15, 0.2) is 5.13 Å². The van der Waals surface area contributed by atoms with Crippen molar-refractivity contribution in [2.45, 2.75) is 19.6 Å². The minimum atomic E-state index is -4.42. The molecule has 0 aliphatic rings. The van der Waals surface area contributed by atoms with Crippen LogP contribution in [0.15, 0.2) is 34.7 Å². The van der Waals surface area contributed by atoms with Gasteiger partial charge in [0.1, 0.15) is 0 Å². The van der Waals surface area contributed by atoms with Gasteiger partial charge in [-0.15, -0.1) is 11.3 Å². The number of thiazole rings is 1. The lowest BCUT2D eigenvalue weighted by Gasteiger charge is -2.09. The standard InChI is InChI=1S/C14H14F3N5OS/c1-8(11-7-24-12(18)20-11)21-22-13(23)19-6-9-3-2-4-10(5-9)14(15,16)17/h2-5,7H,6H2,1H3,(H2,18,20)(H2,19,22,23). The molecular formula is C14H14F3N5OS. The average molecular weight is 357 g/mol. The van der Waals surface area contributed by atoms with Crippen LogP contribution in [-0.4, -0.2) is 16.7 Å². The highest BCUT2D eigenvalue weighted by molar-refractivity contribution is 7.13. The van der Waals surface area contributed by atoms with Crippen molar-refractivity contribution in [2.75, 3.05) is 5.73 Å². The van der Waals surface area contributed by atoms with Crippen molar-refractivity contribution in [1.82, 2.24) is 15.7 Å². The van der Waals surface area contributed by atoms with E-state index in [0.717, 1.165) is 12.1 Å². The number of hydrazone groups is 1. The van der Waals surface area contributed by atoms with Crippen LogP contribution in [0.1, 0.15) is 23.7 Å². The summed E-state index contributed by atoms with van der Waals surface area (Å²) in [6.07, 6.45) is -4.42. The zero-order chi connectivity index (χ0) is 17.7. The zero-order valence-corrected chi connectivity index (χ0v) is 13.3. The van der Waals surface area contributed by atoms with Crippen LogP contribution < -0.4 is 16.5 Å². The average Bonchev–Trinajstić information content (AvgIpc) is 2.96. The Morgan fingerprint density at radius 1 is 1.42 bits per heavy atom. The van der Waals surface area contributed by atoms with E-state index in [2.05, 4.69) is 20.8 Å². The van der Waals surface area contributed by atoms with E-state index in [1.54, 1.807) is 12.3 Å². The highest BCUT2D eigenvalue weighted by atomic mass is 32.1. The smallest absolute Gasteiger partial charge is 0.375 e. The molecule has 24 heavy (non-hydrogen) atoms. The van der Waals surface area contributed by atoms with Crippen molar-refractivity contribution >= 4 is 28.2 Å². The summed E-state index contributed by atoms with van der Waals surface area (Å²) < 4.78 is 37.8. The Bertz CT molecular complexity index is 757. The van der Waals surface area contributed by atoms with Gasteiger partial charge >= 0.3 is 12.2 Å². The van der Waals surface area contributed by atoms with Gasteiger partial charge in [0.25, 0.3) is 0 Å². The molecule has 0 unspecified atom stereocenters. The van der Waals surface area contributed by atoms with Gasteiger partial charge in [-0.2, -0.15) is 18.3 Å². The Balaban J connectivity index is 1.89. The van der Waals surface area contributed by atoms with E-state index in [-0.39, 0.29) is 6.54 Å². The molecule has 0 saturated carbocycles. The zero-order valence-electron chi connectivity index (χ0n) is 12.5. The first-order valence-corrected chi connectivity index (χ1v) is 7.59. The molecule has 1 heterocycles. The van der Waals surface area contributed by atoms with Crippen LogP contribution >= 0.6 is 11.3 Å². The second-order valence-corrected chi connectivity index (χ2v) is 5.65. The number of hydrogen-bond acceptors (Lipinski definition) is 5. The summed E-state index contributed by atoms with van der Waals surface area (Å²) in [6.45, 7) is 1.58. The molecule has 0 aliphatic carbocycles. The van der Waals surface area contributed by atoms with Crippen LogP contribution in [0.25, 0.3) is 0 Å². The number of hydrogen-bond donors (Lipinski definition) is 3. The molecule has 10 heteroatoms. The molecule has 0 fully saturated rings. The summed E-state index contributed by atoms with van der Waals surface area (Å²) in [4.78, 5) is 15.6. The summed E-state index contributed by atoms with van der Waals surface area (Å²) in [6, 6.07) is 4.08. The number of nitrogens with one attached hydrogen (secondary N) is 2. The Kier molecular flexibility index (Phi) is 5.39. The first-order valence-electron chi connectivity index (χ1n) is 6.71. The SMILES string of the molecule is CC(=NNC(=O)NCc1cccc(C(F)(F)F)c1)c1csc(N)n1. The van der Waals surface area contributed by atoms with E-state index in [0.29, 0.717) is 22.1 Å². The second kappa shape index (κ2) is 7.30. The fraction of sp³-hybridized carbons (Fsp3) is 0.214. The fourth-order valence-electron chi connectivity index (χ4n) is 1.73. The number of benzene rings is 1.